The van der Waals surface area contributed by atoms with E-state index in [9.17, 15) is 0 Å². The van der Waals surface area contributed by atoms with Gasteiger partial charge in [0.15, 0.2) is 0 Å². The zero-order valence-electron chi connectivity index (χ0n) is 19.7. The lowest BCUT2D eigenvalue weighted by atomic mass is 10.1. The Labute approximate surface area is 186 Å². The van der Waals surface area contributed by atoms with Gasteiger partial charge in [-0.2, -0.15) is 0 Å². The van der Waals surface area contributed by atoms with Crippen LogP contribution in [0, 0.1) is 0 Å². The summed E-state index contributed by atoms with van der Waals surface area (Å²) < 4.78 is 0. The van der Waals surface area contributed by atoms with Crippen molar-refractivity contribution in [1.29, 1.82) is 0 Å². The third-order valence-electron chi connectivity index (χ3n) is 7.74. The molecular formula is C24H48N6. The van der Waals surface area contributed by atoms with Crippen LogP contribution in [0.5, 0.6) is 0 Å². The highest BCUT2D eigenvalue weighted by atomic mass is 15.5. The zero-order chi connectivity index (χ0) is 20.4. The van der Waals surface area contributed by atoms with E-state index >= 15 is 0 Å². The van der Waals surface area contributed by atoms with Gasteiger partial charge in [0.25, 0.3) is 0 Å². The first-order chi connectivity index (χ1) is 14.8. The third kappa shape index (κ3) is 7.72. The van der Waals surface area contributed by atoms with E-state index < -0.39 is 0 Å². The summed E-state index contributed by atoms with van der Waals surface area (Å²) in [7, 11) is 0. The second kappa shape index (κ2) is 12.7. The van der Waals surface area contributed by atoms with Crippen molar-refractivity contribution < 1.29 is 0 Å². The molecular weight excluding hydrogens is 372 g/mol. The molecule has 4 heterocycles. The van der Waals surface area contributed by atoms with Crippen LogP contribution in [-0.4, -0.2) is 128 Å². The fourth-order valence-electron chi connectivity index (χ4n) is 5.80. The molecule has 0 N–H and O–H groups in total. The highest BCUT2D eigenvalue weighted by Crippen LogP contribution is 2.14. The molecule has 0 aliphatic carbocycles. The Balaban J connectivity index is 1.24. The molecule has 0 bridgehead atoms. The average Bonchev–Trinajstić information content (AvgIpc) is 2.82. The predicted octanol–water partition coefficient (Wildman–Crippen LogP) is 2.24. The second-order valence-electron chi connectivity index (χ2n) is 10.3. The summed E-state index contributed by atoms with van der Waals surface area (Å²) in [5.74, 6) is 0. The van der Waals surface area contributed by atoms with Crippen molar-refractivity contribution in [3.8, 4) is 0 Å². The first-order valence-electron chi connectivity index (χ1n) is 13.2. The van der Waals surface area contributed by atoms with Crippen LogP contribution in [0.2, 0.25) is 0 Å². The molecule has 4 aliphatic heterocycles. The van der Waals surface area contributed by atoms with E-state index in [4.69, 9.17) is 0 Å². The molecule has 0 spiro atoms. The van der Waals surface area contributed by atoms with Gasteiger partial charge in [0.2, 0.25) is 0 Å². The average molecular weight is 421 g/mol. The Morgan fingerprint density at radius 2 is 0.500 bits per heavy atom. The standard InChI is InChI=1S/C24H48N6/c1-4-10-25(11-5-1)16-19-28-22-29(20-17-26-12-6-2-7-13-26)24-30(23-28)21-18-27-14-8-3-9-15-27/h1-24H2. The summed E-state index contributed by atoms with van der Waals surface area (Å²) >= 11 is 0. The largest absolute Gasteiger partial charge is 0.302 e. The van der Waals surface area contributed by atoms with Gasteiger partial charge in [-0.05, 0) is 77.8 Å². The predicted molar refractivity (Wildman–Crippen MR) is 126 cm³/mol. The molecule has 0 unspecified atom stereocenters. The van der Waals surface area contributed by atoms with E-state index in [-0.39, 0.29) is 0 Å². The Bertz CT molecular complexity index is 384. The fraction of sp³-hybridized carbons (Fsp3) is 1.00. The van der Waals surface area contributed by atoms with Crippen LogP contribution in [0.15, 0.2) is 0 Å². The Morgan fingerprint density at radius 1 is 0.267 bits per heavy atom. The maximum atomic E-state index is 2.73. The van der Waals surface area contributed by atoms with Crippen LogP contribution in [0.4, 0.5) is 0 Å². The summed E-state index contributed by atoms with van der Waals surface area (Å²) in [5, 5.41) is 0. The first kappa shape index (κ1) is 22.9. The second-order valence-corrected chi connectivity index (χ2v) is 10.3. The van der Waals surface area contributed by atoms with Crippen LogP contribution in [0.1, 0.15) is 57.8 Å². The van der Waals surface area contributed by atoms with Gasteiger partial charge in [0, 0.05) is 39.3 Å². The Kier molecular flexibility index (Phi) is 9.72. The number of hydrogen-bond donors (Lipinski definition) is 0. The van der Waals surface area contributed by atoms with Crippen LogP contribution in [0.25, 0.3) is 0 Å². The lowest BCUT2D eigenvalue weighted by molar-refractivity contribution is -0.0397. The SMILES string of the molecule is C1CCN(CCN2CN(CCN3CCCCC3)CN(CCN3CCCCC3)C2)CC1. The molecule has 4 fully saturated rings. The van der Waals surface area contributed by atoms with Crippen LogP contribution >= 0.6 is 0 Å². The lowest BCUT2D eigenvalue weighted by Crippen LogP contribution is -2.58. The molecule has 0 saturated carbocycles. The van der Waals surface area contributed by atoms with Crippen molar-refractivity contribution in [3.05, 3.63) is 0 Å². The maximum absolute atomic E-state index is 2.73. The number of piperidine rings is 3. The molecule has 0 atom stereocenters. The molecule has 6 nitrogen and oxygen atoms in total. The van der Waals surface area contributed by atoms with E-state index in [1.807, 2.05) is 0 Å². The maximum Gasteiger partial charge on any atom is 0.0531 e. The van der Waals surface area contributed by atoms with E-state index in [2.05, 4.69) is 29.4 Å². The number of nitrogens with zero attached hydrogens (tertiary/aromatic N) is 6. The lowest BCUT2D eigenvalue weighted by Gasteiger charge is -2.44. The van der Waals surface area contributed by atoms with Crippen LogP contribution < -0.4 is 0 Å². The molecule has 4 saturated heterocycles. The minimum absolute atomic E-state index is 1.17. The van der Waals surface area contributed by atoms with Gasteiger partial charge in [0.1, 0.15) is 0 Å². The number of hydrogen-bond acceptors (Lipinski definition) is 6. The summed E-state index contributed by atoms with van der Waals surface area (Å²) in [6.07, 6.45) is 12.8. The molecule has 4 rings (SSSR count). The molecule has 0 aromatic heterocycles. The van der Waals surface area contributed by atoms with Crippen molar-refractivity contribution in [3.63, 3.8) is 0 Å². The Morgan fingerprint density at radius 3 is 0.767 bits per heavy atom. The third-order valence-corrected chi connectivity index (χ3v) is 7.74. The molecule has 0 radical (unpaired) electrons. The molecule has 174 valence electrons. The molecule has 4 aliphatic rings. The quantitative estimate of drug-likeness (QED) is 0.566. The minimum atomic E-state index is 1.17. The summed E-state index contributed by atoms with van der Waals surface area (Å²) in [5.41, 5.74) is 0. The topological polar surface area (TPSA) is 19.4 Å². The van der Waals surface area contributed by atoms with Crippen molar-refractivity contribution >= 4 is 0 Å². The Hall–Kier alpha value is -0.240. The van der Waals surface area contributed by atoms with Gasteiger partial charge in [-0.25, -0.2) is 0 Å². The summed E-state index contributed by atoms with van der Waals surface area (Å²) in [4.78, 5) is 16.3. The minimum Gasteiger partial charge on any atom is -0.302 e. The molecule has 30 heavy (non-hydrogen) atoms. The normalized spacial score (nSPS) is 27.6. The molecule has 0 aromatic carbocycles. The van der Waals surface area contributed by atoms with Crippen molar-refractivity contribution in [2.75, 3.05) is 98.5 Å². The molecule has 0 aromatic rings. The van der Waals surface area contributed by atoms with Crippen molar-refractivity contribution in [2.24, 2.45) is 0 Å². The van der Waals surface area contributed by atoms with Gasteiger partial charge in [-0.15, -0.1) is 0 Å². The fourth-order valence-corrected chi connectivity index (χ4v) is 5.80. The van der Waals surface area contributed by atoms with Gasteiger partial charge in [0.05, 0.1) is 20.0 Å². The van der Waals surface area contributed by atoms with Crippen molar-refractivity contribution in [1.82, 2.24) is 29.4 Å². The molecule has 6 heteroatoms. The van der Waals surface area contributed by atoms with Gasteiger partial charge in [-0.1, -0.05) is 19.3 Å². The van der Waals surface area contributed by atoms with Gasteiger partial charge < -0.3 is 14.7 Å². The monoisotopic (exact) mass is 420 g/mol. The highest BCUT2D eigenvalue weighted by Gasteiger charge is 2.25. The van der Waals surface area contributed by atoms with Crippen LogP contribution in [-0.2, 0) is 0 Å². The van der Waals surface area contributed by atoms with E-state index in [0.717, 1.165) is 0 Å². The highest BCUT2D eigenvalue weighted by molar-refractivity contribution is 4.76. The smallest absolute Gasteiger partial charge is 0.0531 e. The number of rotatable bonds is 9. The number of likely N-dealkylation sites (tertiary alicyclic amines) is 3. The van der Waals surface area contributed by atoms with Gasteiger partial charge in [-0.3, -0.25) is 14.7 Å². The zero-order valence-corrected chi connectivity index (χ0v) is 19.7. The van der Waals surface area contributed by atoms with Crippen molar-refractivity contribution in [2.45, 2.75) is 57.8 Å². The van der Waals surface area contributed by atoms with Gasteiger partial charge >= 0.3 is 0 Å². The van der Waals surface area contributed by atoms with Crippen LogP contribution in [0.3, 0.4) is 0 Å². The van der Waals surface area contributed by atoms with E-state index in [0.29, 0.717) is 0 Å². The van der Waals surface area contributed by atoms with E-state index in [1.165, 1.54) is 156 Å². The summed E-state index contributed by atoms with van der Waals surface area (Å²) in [6, 6.07) is 0. The first-order valence-corrected chi connectivity index (χ1v) is 13.2. The molecule has 0 amide bonds. The summed E-state index contributed by atoms with van der Waals surface area (Å²) in [6.45, 7) is 19.0. The van der Waals surface area contributed by atoms with E-state index in [1.54, 1.807) is 0 Å².